The van der Waals surface area contributed by atoms with Gasteiger partial charge in [0.1, 0.15) is 0 Å². The largest absolute Gasteiger partial charge is 0.135 e. The van der Waals surface area contributed by atoms with E-state index < -0.39 is 0 Å². The summed E-state index contributed by atoms with van der Waals surface area (Å²) in [7, 11) is 0. The lowest BCUT2D eigenvalue weighted by molar-refractivity contribution is 1.45. The Kier molecular flexibility index (Phi) is 10.4. The summed E-state index contributed by atoms with van der Waals surface area (Å²) in [5.74, 6) is 0. The van der Waals surface area contributed by atoms with Crippen LogP contribution in [-0.4, -0.2) is 0 Å². The Balaban J connectivity index is 0.737. The molecule has 1 heterocycles. The van der Waals surface area contributed by atoms with Crippen LogP contribution in [0, 0.1) is 6.92 Å². The average molecular weight is 1020 g/mol. The molecule has 79 heavy (non-hydrogen) atoms. The van der Waals surface area contributed by atoms with Crippen molar-refractivity contribution in [2.75, 3.05) is 0 Å². The highest BCUT2D eigenvalue weighted by Crippen LogP contribution is 2.48. The van der Waals surface area contributed by atoms with Gasteiger partial charge in [-0.2, -0.15) is 0 Å². The van der Waals surface area contributed by atoms with E-state index in [4.69, 9.17) is 0 Å². The summed E-state index contributed by atoms with van der Waals surface area (Å²) in [6, 6.07) is 95.7. The molecule has 0 aliphatic heterocycles. The van der Waals surface area contributed by atoms with E-state index in [-0.39, 0.29) is 0 Å². The lowest BCUT2D eigenvalue weighted by Crippen LogP contribution is -1.93. The molecule has 0 atom stereocenters. The van der Waals surface area contributed by atoms with Crippen molar-refractivity contribution < 1.29 is 0 Å². The predicted molar refractivity (Wildman–Crippen MR) is 344 cm³/mol. The van der Waals surface area contributed by atoms with E-state index in [1.807, 2.05) is 11.3 Å². The smallest absolute Gasteiger partial charge is 0.0434 e. The zero-order valence-electron chi connectivity index (χ0n) is 43.8. The van der Waals surface area contributed by atoms with Gasteiger partial charge >= 0.3 is 0 Å². The molecule has 0 nitrogen and oxygen atoms in total. The fourth-order valence-electron chi connectivity index (χ4n) is 13.4. The topological polar surface area (TPSA) is 0 Å². The molecule has 0 fully saturated rings. The van der Waals surface area contributed by atoms with E-state index in [9.17, 15) is 0 Å². The van der Waals surface area contributed by atoms with Crippen molar-refractivity contribution in [3.05, 3.63) is 272 Å². The lowest BCUT2D eigenvalue weighted by Gasteiger charge is -2.19. The molecule has 16 rings (SSSR count). The molecule has 0 bridgehead atoms. The van der Waals surface area contributed by atoms with Gasteiger partial charge in [0.05, 0.1) is 0 Å². The maximum Gasteiger partial charge on any atom is 0.0434 e. The first-order valence-electron chi connectivity index (χ1n) is 27.5. The number of hydrogen-bond acceptors (Lipinski definition) is 1. The summed E-state index contributed by atoms with van der Waals surface area (Å²) in [4.78, 5) is 0. The van der Waals surface area contributed by atoms with Gasteiger partial charge in [-0.3, -0.25) is 0 Å². The second-order valence-electron chi connectivity index (χ2n) is 21.4. The summed E-state index contributed by atoms with van der Waals surface area (Å²) < 4.78 is 2.68. The zero-order valence-corrected chi connectivity index (χ0v) is 44.6. The van der Waals surface area contributed by atoms with Gasteiger partial charge < -0.3 is 0 Å². The van der Waals surface area contributed by atoms with Gasteiger partial charge in [0.2, 0.25) is 0 Å². The summed E-state index contributed by atoms with van der Waals surface area (Å²) >= 11 is 1.90. The first-order chi connectivity index (χ1) is 39.0. The number of thiophene rings is 1. The van der Waals surface area contributed by atoms with Crippen molar-refractivity contribution in [1.82, 2.24) is 0 Å². The predicted octanol–water partition coefficient (Wildman–Crippen LogP) is 22.9. The standard InChI is InChI=1S/C78H50S/c1-3-12-61-62(58-18-5-4-13-47(58)2)20-10-21-63(61)64-39-31-52-33-41-67-59(37-29-50-35-43-69(64)76(52)74(50)67)56-16-8-14-54(45-56)48-25-27-49(28-26-48)55-15-9-17-57(46-55)60-38-30-51-36-44-70-65(40-32-53-34-42-68(60)75(51)77(53)70)71-22-11-23-72-66-19-6-7-24-73(66)79-78(71)72/h3-46H,1-2H3/b12-3+. The highest BCUT2D eigenvalue weighted by Gasteiger charge is 2.21. The summed E-state index contributed by atoms with van der Waals surface area (Å²) in [5.41, 5.74) is 19.9. The maximum atomic E-state index is 2.37. The van der Waals surface area contributed by atoms with E-state index >= 15 is 0 Å². The SMILES string of the molecule is C/C=C/c1c(-c2ccccc2C)cccc1-c1ccc2ccc3c(-c4cccc(-c5ccc(-c6cccc(-c7ccc8ccc9c(-c%10cccc%11c%10sc%10ccccc%10%11)ccc%10ccc7c8c%109)c6)cc5)c4)ccc4ccc1c2c43. The minimum Gasteiger partial charge on any atom is -0.135 e. The molecule has 0 saturated heterocycles. The molecule has 0 aliphatic rings. The molecular weight excluding hydrogens is 969 g/mol. The number of allylic oxidation sites excluding steroid dienone is 1. The zero-order chi connectivity index (χ0) is 52.3. The molecule has 1 heteroatoms. The fraction of sp³-hybridized carbons (Fsp3) is 0.0256. The second-order valence-corrected chi connectivity index (χ2v) is 22.5. The van der Waals surface area contributed by atoms with Crippen LogP contribution in [0.4, 0.5) is 0 Å². The van der Waals surface area contributed by atoms with Crippen LogP contribution < -0.4 is 0 Å². The van der Waals surface area contributed by atoms with Crippen molar-refractivity contribution in [3.8, 4) is 77.9 Å². The maximum absolute atomic E-state index is 2.37. The first-order valence-corrected chi connectivity index (χ1v) is 28.3. The molecule has 0 N–H and O–H groups in total. The van der Waals surface area contributed by atoms with Crippen LogP contribution in [0.5, 0.6) is 0 Å². The van der Waals surface area contributed by atoms with Crippen LogP contribution in [0.3, 0.4) is 0 Å². The van der Waals surface area contributed by atoms with E-state index in [2.05, 4.69) is 281 Å². The Hall–Kier alpha value is -9.66. The Labute approximate surface area is 463 Å². The molecule has 0 aliphatic carbocycles. The van der Waals surface area contributed by atoms with Gasteiger partial charge in [0, 0.05) is 25.7 Å². The van der Waals surface area contributed by atoms with E-state index in [1.54, 1.807) is 0 Å². The fourth-order valence-corrected chi connectivity index (χ4v) is 14.6. The van der Waals surface area contributed by atoms with Crippen molar-refractivity contribution in [2.45, 2.75) is 13.8 Å². The quantitative estimate of drug-likeness (QED) is 0.133. The average Bonchev–Trinajstić information content (AvgIpc) is 4.05. The van der Waals surface area contributed by atoms with Crippen molar-refractivity contribution in [1.29, 1.82) is 0 Å². The minimum absolute atomic E-state index is 1.20. The third-order valence-electron chi connectivity index (χ3n) is 17.1. The monoisotopic (exact) mass is 1020 g/mol. The van der Waals surface area contributed by atoms with Gasteiger partial charge in [-0.05, 0) is 180 Å². The number of hydrogen-bond donors (Lipinski definition) is 0. The summed E-state index contributed by atoms with van der Waals surface area (Å²) in [5, 5.41) is 18.2. The van der Waals surface area contributed by atoms with Crippen LogP contribution in [-0.2, 0) is 0 Å². The molecule has 0 spiro atoms. The van der Waals surface area contributed by atoms with Crippen molar-refractivity contribution >= 4 is 102 Å². The highest BCUT2D eigenvalue weighted by atomic mass is 32.1. The Bertz CT molecular complexity index is 5140. The van der Waals surface area contributed by atoms with Crippen LogP contribution in [0.2, 0.25) is 0 Å². The highest BCUT2D eigenvalue weighted by molar-refractivity contribution is 7.26. The summed E-state index contributed by atoms with van der Waals surface area (Å²) in [6.07, 6.45) is 4.45. The van der Waals surface area contributed by atoms with Crippen molar-refractivity contribution in [2.24, 2.45) is 0 Å². The van der Waals surface area contributed by atoms with Gasteiger partial charge in [-0.1, -0.05) is 249 Å². The molecule has 0 amide bonds. The van der Waals surface area contributed by atoms with Gasteiger partial charge in [0.25, 0.3) is 0 Å². The molecule has 0 saturated carbocycles. The molecule has 1 aromatic heterocycles. The molecule has 0 unspecified atom stereocenters. The molecule has 368 valence electrons. The Morgan fingerprint density at radius 3 is 1.24 bits per heavy atom. The third kappa shape index (κ3) is 7.13. The normalized spacial score (nSPS) is 12.1. The van der Waals surface area contributed by atoms with E-state index in [0.29, 0.717) is 0 Å². The second kappa shape index (κ2) is 18.0. The summed E-state index contributed by atoms with van der Waals surface area (Å²) in [6.45, 7) is 4.32. The molecule has 16 aromatic rings. The number of benzene rings is 15. The van der Waals surface area contributed by atoms with Crippen LogP contribution in [0.15, 0.2) is 261 Å². The Morgan fingerprint density at radius 2 is 0.684 bits per heavy atom. The minimum atomic E-state index is 1.20. The first kappa shape index (κ1) is 45.5. The molecule has 15 aromatic carbocycles. The van der Waals surface area contributed by atoms with E-state index in [0.717, 1.165) is 0 Å². The van der Waals surface area contributed by atoms with Gasteiger partial charge in [-0.25, -0.2) is 0 Å². The number of aryl methyl sites for hydroxylation is 1. The third-order valence-corrected chi connectivity index (χ3v) is 18.3. The van der Waals surface area contributed by atoms with Crippen LogP contribution >= 0.6 is 11.3 Å². The van der Waals surface area contributed by atoms with Gasteiger partial charge in [-0.15, -0.1) is 11.3 Å². The molecular formula is C78H50S. The lowest BCUT2D eigenvalue weighted by atomic mass is 9.84. The van der Waals surface area contributed by atoms with Crippen LogP contribution in [0.25, 0.3) is 169 Å². The van der Waals surface area contributed by atoms with Crippen LogP contribution in [0.1, 0.15) is 18.1 Å². The van der Waals surface area contributed by atoms with Gasteiger partial charge in [0.15, 0.2) is 0 Å². The van der Waals surface area contributed by atoms with E-state index in [1.165, 1.54) is 174 Å². The Morgan fingerprint density at radius 1 is 0.278 bits per heavy atom. The van der Waals surface area contributed by atoms with Crippen molar-refractivity contribution in [3.63, 3.8) is 0 Å². The number of rotatable bonds is 8. The number of fused-ring (bicyclic) bond motifs is 3. The molecule has 0 radical (unpaired) electrons.